The quantitative estimate of drug-likeness (QED) is 0.0386. The Morgan fingerprint density at radius 3 is 1.32 bits per heavy atom. The predicted octanol–water partition coefficient (Wildman–Crippen LogP) is 9.92. The number of carbonyl (C=O) groups excluding carboxylic acids is 3. The number of methoxy groups -OCH3 is 1. The SMILES string of the molecule is CN(C)CC(C)(C)n1ccc(S(=O)(=O)NC(=O)Nc2c(-c3cccnc3)ccc3c2CCC3)n1.CN(C)CC(C)(C)n1ccc(S(=O)(=O)NC(=O)Nc2c(-c3ccnc(C#N)c3)ccc3c2CCC3)n1.[C-]#[N+]C(C)(C)n1ccc(S(=O)(=O)NC(=O)Nc2c(-c3ccnc(OC)c3)ccc3c2CCC3)n1. The Hall–Kier alpha value is -10.9. The molecule has 0 bridgehead atoms. The van der Waals surface area contributed by atoms with E-state index in [9.17, 15) is 44.9 Å². The van der Waals surface area contributed by atoms with E-state index >= 15 is 0 Å². The Morgan fingerprint density at radius 2 is 0.933 bits per heavy atom. The van der Waals surface area contributed by atoms with Crippen molar-refractivity contribution in [1.29, 1.82) is 5.26 Å². The summed E-state index contributed by atoms with van der Waals surface area (Å²) in [6, 6.07) is 25.9. The van der Waals surface area contributed by atoms with Gasteiger partial charge in [-0.2, -0.15) is 50.5 Å². The molecule has 104 heavy (non-hydrogen) atoms. The topological polar surface area (TPSA) is 362 Å². The highest BCUT2D eigenvalue weighted by Crippen LogP contribution is 2.41. The molecule has 0 aliphatic heterocycles. The maximum Gasteiger partial charge on any atom is 0.333 e. The van der Waals surface area contributed by atoms with Crippen LogP contribution in [0.1, 0.15) is 99.9 Å². The summed E-state index contributed by atoms with van der Waals surface area (Å²) in [5.74, 6) is 0.425. The Balaban J connectivity index is 0.000000168. The molecular formula is C72H83N19O10S3. The molecule has 3 aliphatic rings. The lowest BCUT2D eigenvalue weighted by Gasteiger charge is -2.28. The van der Waals surface area contributed by atoms with Crippen LogP contribution in [0.15, 0.2) is 149 Å². The number of amides is 6. The van der Waals surface area contributed by atoms with Crippen LogP contribution in [0.25, 0.3) is 38.2 Å². The molecule has 32 heteroatoms. The normalized spacial score (nSPS) is 13.4. The van der Waals surface area contributed by atoms with Gasteiger partial charge in [0.15, 0.2) is 15.1 Å². The van der Waals surface area contributed by atoms with Crippen LogP contribution >= 0.6 is 0 Å². The van der Waals surface area contributed by atoms with Gasteiger partial charge in [-0.25, -0.2) is 45.1 Å². The van der Waals surface area contributed by atoms with Crippen molar-refractivity contribution in [2.45, 2.75) is 131 Å². The molecule has 3 aromatic carbocycles. The van der Waals surface area contributed by atoms with Gasteiger partial charge in [0.1, 0.15) is 11.8 Å². The lowest BCUT2D eigenvalue weighted by molar-refractivity contribution is 0.220. The van der Waals surface area contributed by atoms with Crippen molar-refractivity contribution in [2.24, 2.45) is 0 Å². The number of ether oxygens (including phenoxy) is 1. The smallest absolute Gasteiger partial charge is 0.333 e. The minimum absolute atomic E-state index is 0.208. The highest BCUT2D eigenvalue weighted by molar-refractivity contribution is 7.90. The zero-order valence-electron chi connectivity index (χ0n) is 59.6. The number of pyridine rings is 3. The van der Waals surface area contributed by atoms with Crippen LogP contribution in [0.4, 0.5) is 31.4 Å². The van der Waals surface area contributed by atoms with E-state index in [4.69, 9.17) is 11.3 Å². The maximum atomic E-state index is 13.0. The molecule has 6 N–H and O–H groups in total. The Morgan fingerprint density at radius 1 is 0.538 bits per heavy atom. The van der Waals surface area contributed by atoms with Gasteiger partial charge in [0.25, 0.3) is 30.1 Å². The van der Waals surface area contributed by atoms with Gasteiger partial charge in [-0.1, -0.05) is 42.5 Å². The summed E-state index contributed by atoms with van der Waals surface area (Å²) in [6.07, 6.45) is 19.0. The molecule has 6 heterocycles. The molecule has 0 unspecified atom stereocenters. The van der Waals surface area contributed by atoms with Crippen LogP contribution in [-0.4, -0.2) is 146 Å². The highest BCUT2D eigenvalue weighted by Gasteiger charge is 2.33. The van der Waals surface area contributed by atoms with E-state index in [0.29, 0.717) is 47.2 Å². The first-order valence-corrected chi connectivity index (χ1v) is 37.8. The van der Waals surface area contributed by atoms with Crippen molar-refractivity contribution in [2.75, 3.05) is 64.3 Å². The number of fused-ring (bicyclic) bond motifs is 3. The van der Waals surface area contributed by atoms with Crippen molar-refractivity contribution in [1.82, 2.24) is 68.3 Å². The second kappa shape index (κ2) is 31.0. The number of anilines is 3. The number of aromatic nitrogens is 9. The van der Waals surface area contributed by atoms with E-state index in [2.05, 4.69) is 66.6 Å². The Labute approximate surface area is 605 Å². The monoisotopic (exact) mass is 1470 g/mol. The molecule has 29 nitrogen and oxygen atoms in total. The van der Waals surface area contributed by atoms with Gasteiger partial charge in [0, 0.05) is 98.6 Å². The van der Waals surface area contributed by atoms with Gasteiger partial charge in [-0.3, -0.25) is 19.2 Å². The van der Waals surface area contributed by atoms with E-state index in [0.717, 1.165) is 113 Å². The summed E-state index contributed by atoms with van der Waals surface area (Å²) in [7, 11) is -3.37. The number of aryl methyl sites for hydroxylation is 3. The third-order valence-corrected chi connectivity index (χ3v) is 21.3. The van der Waals surface area contributed by atoms with E-state index in [1.54, 1.807) is 78.5 Å². The third-order valence-electron chi connectivity index (χ3n) is 17.7. The van der Waals surface area contributed by atoms with E-state index < -0.39 is 64.9 Å². The zero-order chi connectivity index (χ0) is 75.1. The van der Waals surface area contributed by atoms with Gasteiger partial charge in [-0.15, -0.1) is 0 Å². The molecule has 12 rings (SSSR count). The Bertz CT molecular complexity index is 5170. The zero-order valence-corrected chi connectivity index (χ0v) is 62.1. The molecule has 0 spiro atoms. The molecule has 544 valence electrons. The maximum absolute atomic E-state index is 13.0. The van der Waals surface area contributed by atoms with Crippen molar-refractivity contribution in [3.8, 4) is 45.3 Å². The van der Waals surface area contributed by atoms with Crippen molar-refractivity contribution < 1.29 is 44.4 Å². The second-order valence-corrected chi connectivity index (χ2v) is 32.4. The first kappa shape index (κ1) is 75.8. The van der Waals surface area contributed by atoms with Gasteiger partial charge in [0.2, 0.25) is 5.88 Å². The molecular weight excluding hydrogens is 1390 g/mol. The average molecular weight is 1470 g/mol. The van der Waals surface area contributed by atoms with Gasteiger partial charge >= 0.3 is 23.8 Å². The van der Waals surface area contributed by atoms with Crippen LogP contribution in [0.5, 0.6) is 5.88 Å². The number of carbonyl (C=O) groups is 3. The van der Waals surface area contributed by atoms with E-state index in [1.165, 1.54) is 42.4 Å². The minimum atomic E-state index is -4.26. The number of nitrogens with one attached hydrogen (secondary N) is 6. The highest BCUT2D eigenvalue weighted by atomic mass is 32.2. The average Bonchev–Trinajstić information content (AvgIpc) is 1.68. The predicted molar refractivity (Wildman–Crippen MR) is 393 cm³/mol. The number of sulfonamides is 3. The number of urea groups is 3. The van der Waals surface area contributed by atoms with Gasteiger partial charge in [0.05, 0.1) is 35.2 Å². The summed E-state index contributed by atoms with van der Waals surface area (Å²) < 4.78 is 93.2. The van der Waals surface area contributed by atoms with Crippen molar-refractivity contribution in [3.63, 3.8) is 0 Å². The van der Waals surface area contributed by atoms with Crippen molar-refractivity contribution in [3.05, 3.63) is 185 Å². The molecule has 0 saturated heterocycles. The van der Waals surface area contributed by atoms with Crippen LogP contribution in [-0.2, 0) is 85.3 Å². The van der Waals surface area contributed by atoms with Crippen LogP contribution in [0.3, 0.4) is 0 Å². The standard InChI is InChI=1S/C25H29N7O3S.C24H30N6O3S.C23H24N6O4S/c1-25(2,16-31(3)4)32-13-11-22(29-32)36(34,35)30-24(33)28-23-20-7-5-6-17(20)8-9-21(23)18-10-12-27-19(14-18)15-26;1-24(2,16-29(3)4)30-14-12-21(27-30)34(32,33)28-23(31)26-22-19-9-5-7-17(19)10-11-20(22)18-8-6-13-25-15-18;1-23(2,24-3)29-13-11-20(27-29)34(31,32)28-22(30)26-21-17-7-5-6-15(17)8-9-18(21)16-10-12-25-19(14-16)33-4/h8-14H,5-7,16H2,1-4H3,(H2,28,30,33);6,8,10-15H,5,7,9,16H2,1-4H3,(H2,26,28,31);8-14H,5-7H2,1-2,4H3,(H2,26,28,30). The van der Waals surface area contributed by atoms with E-state index in [1.807, 2.05) is 119 Å². The molecule has 6 amide bonds. The molecule has 0 fully saturated rings. The lowest BCUT2D eigenvalue weighted by atomic mass is 9.97. The fraction of sp³-hybridized carbons (Fsp3) is 0.347. The Kier molecular flexibility index (Phi) is 22.6. The summed E-state index contributed by atoms with van der Waals surface area (Å²) in [5.41, 5.74) is 10.9. The number of rotatable bonds is 20. The minimum Gasteiger partial charge on any atom is -0.481 e. The van der Waals surface area contributed by atoms with Crippen LogP contribution in [0, 0.1) is 17.9 Å². The fourth-order valence-corrected chi connectivity index (χ4v) is 15.5. The fourth-order valence-electron chi connectivity index (χ4n) is 13.0. The lowest BCUT2D eigenvalue weighted by Crippen LogP contribution is -2.38. The van der Waals surface area contributed by atoms with Crippen LogP contribution in [0.2, 0.25) is 0 Å². The first-order valence-electron chi connectivity index (χ1n) is 33.3. The largest absolute Gasteiger partial charge is 0.481 e. The summed E-state index contributed by atoms with van der Waals surface area (Å²) in [5, 5.41) is 29.2. The summed E-state index contributed by atoms with van der Waals surface area (Å²) in [6.45, 7) is 19.6. The number of hydrogen-bond donors (Lipinski definition) is 6. The van der Waals surface area contributed by atoms with Gasteiger partial charge < -0.3 is 30.5 Å². The molecule has 3 aliphatic carbocycles. The molecule has 0 atom stereocenters. The molecule has 0 radical (unpaired) electrons. The second-order valence-electron chi connectivity index (χ2n) is 27.5. The van der Waals surface area contributed by atoms with E-state index in [-0.39, 0.29) is 20.8 Å². The molecule has 0 saturated carbocycles. The number of likely N-dealkylation sites (N-methyl/N-ethyl adjacent to an activating group) is 2. The van der Waals surface area contributed by atoms with Crippen molar-refractivity contribution >= 4 is 65.2 Å². The first-order chi connectivity index (χ1) is 49.2. The number of nitriles is 1. The summed E-state index contributed by atoms with van der Waals surface area (Å²) >= 11 is 0. The van der Waals surface area contributed by atoms with Crippen LogP contribution < -0.4 is 34.9 Å². The summed E-state index contributed by atoms with van der Waals surface area (Å²) in [4.78, 5) is 58.4. The molecule has 9 aromatic rings. The third kappa shape index (κ3) is 17.6. The number of nitrogens with zero attached hydrogens (tertiary/aromatic N) is 13. The number of benzene rings is 3. The van der Waals surface area contributed by atoms with Gasteiger partial charge in [-0.05, 0) is 201 Å². The number of hydrogen-bond acceptors (Lipinski definition) is 19. The molecule has 6 aromatic heterocycles.